The van der Waals surface area contributed by atoms with E-state index in [4.69, 9.17) is 4.74 Å². The van der Waals surface area contributed by atoms with E-state index in [0.717, 1.165) is 17.7 Å². The normalized spacial score (nSPS) is 12.0. The predicted octanol–water partition coefficient (Wildman–Crippen LogP) is 3.85. The van der Waals surface area contributed by atoms with Crippen molar-refractivity contribution in [1.82, 2.24) is 0 Å². The Kier molecular flexibility index (Phi) is 6.04. The van der Waals surface area contributed by atoms with Crippen LogP contribution in [0.15, 0.2) is 36.4 Å². The second-order valence-corrected chi connectivity index (χ2v) is 5.57. The minimum atomic E-state index is -0.713. The zero-order valence-corrected chi connectivity index (χ0v) is 13.7. The van der Waals surface area contributed by atoms with Gasteiger partial charge < -0.3 is 9.84 Å². The lowest BCUT2D eigenvalue weighted by Crippen LogP contribution is -2.13. The van der Waals surface area contributed by atoms with Crippen molar-refractivity contribution >= 4 is 5.97 Å². The number of aliphatic hydroxyl groups excluding tert-OH is 1. The van der Waals surface area contributed by atoms with E-state index in [1.54, 1.807) is 25.1 Å². The Labute approximate surface area is 139 Å². The zero-order chi connectivity index (χ0) is 17.7. The first-order valence-corrected chi connectivity index (χ1v) is 7.77. The molecule has 2 rings (SSSR count). The lowest BCUT2D eigenvalue weighted by Gasteiger charge is -2.19. The van der Waals surface area contributed by atoms with Gasteiger partial charge in [0.2, 0.25) is 0 Å². The van der Waals surface area contributed by atoms with Crippen molar-refractivity contribution in [2.24, 2.45) is 0 Å². The molecule has 1 atom stereocenters. The maximum atomic E-state index is 14.2. The van der Waals surface area contributed by atoms with Crippen LogP contribution in [0.1, 0.15) is 41.5 Å². The molecule has 1 unspecified atom stereocenters. The highest BCUT2D eigenvalue weighted by atomic mass is 19.1. The number of carbonyl (C=O) groups excluding carboxylic acids is 1. The first-order valence-electron chi connectivity index (χ1n) is 7.77. The number of hydrogen-bond acceptors (Lipinski definition) is 3. The van der Waals surface area contributed by atoms with Gasteiger partial charge in [-0.2, -0.15) is 0 Å². The third-order valence-electron chi connectivity index (χ3n) is 3.96. The SMILES string of the molecule is CCOC(=O)CC(c1ccc(C)c(CO)c1)c1ccc(F)cc1F. The fourth-order valence-corrected chi connectivity index (χ4v) is 2.66. The number of aryl methyl sites for hydroxylation is 1. The van der Waals surface area contributed by atoms with Crippen molar-refractivity contribution in [3.05, 3.63) is 70.3 Å². The molecule has 0 aliphatic carbocycles. The van der Waals surface area contributed by atoms with Crippen molar-refractivity contribution in [3.63, 3.8) is 0 Å². The van der Waals surface area contributed by atoms with Crippen LogP contribution in [-0.4, -0.2) is 17.7 Å². The summed E-state index contributed by atoms with van der Waals surface area (Å²) in [6.07, 6.45) is -0.0652. The standard InChI is InChI=1S/C19H20F2O3/c1-3-24-19(23)10-17(16-7-6-15(20)9-18(16)21)13-5-4-12(2)14(8-13)11-22/h4-9,17,22H,3,10-11H2,1-2H3. The number of carbonyl (C=O) groups is 1. The largest absolute Gasteiger partial charge is 0.466 e. The van der Waals surface area contributed by atoms with Crippen LogP contribution in [0.25, 0.3) is 0 Å². The number of benzene rings is 2. The molecular weight excluding hydrogens is 314 g/mol. The molecule has 0 heterocycles. The van der Waals surface area contributed by atoms with Gasteiger partial charge in [-0.3, -0.25) is 4.79 Å². The Bertz CT molecular complexity index is 729. The first-order chi connectivity index (χ1) is 11.5. The van der Waals surface area contributed by atoms with E-state index in [-0.39, 0.29) is 25.2 Å². The van der Waals surface area contributed by atoms with Crippen LogP contribution >= 0.6 is 0 Å². The van der Waals surface area contributed by atoms with Crippen LogP contribution in [0.2, 0.25) is 0 Å². The number of rotatable bonds is 6. The average molecular weight is 334 g/mol. The summed E-state index contributed by atoms with van der Waals surface area (Å²) in [4.78, 5) is 11.9. The van der Waals surface area contributed by atoms with Crippen LogP contribution in [-0.2, 0) is 16.1 Å². The van der Waals surface area contributed by atoms with E-state index in [9.17, 15) is 18.7 Å². The summed E-state index contributed by atoms with van der Waals surface area (Å²) in [5, 5.41) is 9.44. The Hall–Kier alpha value is -2.27. The lowest BCUT2D eigenvalue weighted by molar-refractivity contribution is -0.143. The van der Waals surface area contributed by atoms with Gasteiger partial charge in [-0.1, -0.05) is 24.3 Å². The monoisotopic (exact) mass is 334 g/mol. The molecule has 0 spiro atoms. The summed E-state index contributed by atoms with van der Waals surface area (Å²) in [6, 6.07) is 8.63. The van der Waals surface area contributed by atoms with Gasteiger partial charge in [0.25, 0.3) is 0 Å². The van der Waals surface area contributed by atoms with Crippen molar-refractivity contribution in [2.45, 2.75) is 32.8 Å². The number of halogens is 2. The molecule has 128 valence electrons. The Morgan fingerprint density at radius 2 is 1.96 bits per heavy atom. The third kappa shape index (κ3) is 4.17. The molecule has 0 aliphatic heterocycles. The van der Waals surface area contributed by atoms with Gasteiger partial charge >= 0.3 is 5.97 Å². The van der Waals surface area contributed by atoms with E-state index in [1.807, 2.05) is 6.92 Å². The molecule has 5 heteroatoms. The molecule has 0 aromatic heterocycles. The Morgan fingerprint density at radius 3 is 2.58 bits per heavy atom. The molecule has 0 bridgehead atoms. The summed E-state index contributed by atoms with van der Waals surface area (Å²) in [6.45, 7) is 3.63. The van der Waals surface area contributed by atoms with Crippen LogP contribution in [0, 0.1) is 18.6 Å². The van der Waals surface area contributed by atoms with Crippen LogP contribution in [0.3, 0.4) is 0 Å². The van der Waals surface area contributed by atoms with E-state index in [0.29, 0.717) is 11.1 Å². The number of hydrogen-bond donors (Lipinski definition) is 1. The maximum absolute atomic E-state index is 14.2. The topological polar surface area (TPSA) is 46.5 Å². The van der Waals surface area contributed by atoms with Crippen LogP contribution in [0.5, 0.6) is 0 Å². The average Bonchev–Trinajstić information content (AvgIpc) is 2.54. The molecule has 1 N–H and O–H groups in total. The summed E-state index contributed by atoms with van der Waals surface area (Å²) in [5.74, 6) is -2.46. The minimum absolute atomic E-state index is 0.0652. The highest BCUT2D eigenvalue weighted by Gasteiger charge is 2.23. The minimum Gasteiger partial charge on any atom is -0.466 e. The van der Waals surface area contributed by atoms with E-state index in [2.05, 4.69) is 0 Å². The van der Waals surface area contributed by atoms with Crippen LogP contribution < -0.4 is 0 Å². The van der Waals surface area contributed by atoms with E-state index >= 15 is 0 Å². The van der Waals surface area contributed by atoms with Crippen molar-refractivity contribution < 1.29 is 23.4 Å². The molecule has 2 aromatic rings. The highest BCUT2D eigenvalue weighted by molar-refractivity contribution is 5.71. The fourth-order valence-electron chi connectivity index (χ4n) is 2.66. The molecule has 3 nitrogen and oxygen atoms in total. The van der Waals surface area contributed by atoms with E-state index in [1.165, 1.54) is 6.07 Å². The quantitative estimate of drug-likeness (QED) is 0.816. The summed E-state index contributed by atoms with van der Waals surface area (Å²) in [5.41, 5.74) is 2.49. The third-order valence-corrected chi connectivity index (χ3v) is 3.96. The van der Waals surface area contributed by atoms with Crippen molar-refractivity contribution in [3.8, 4) is 0 Å². The molecular formula is C19H20F2O3. The molecule has 24 heavy (non-hydrogen) atoms. The van der Waals surface area contributed by atoms with Gasteiger partial charge in [-0.15, -0.1) is 0 Å². The second-order valence-electron chi connectivity index (χ2n) is 5.57. The number of esters is 1. The van der Waals surface area contributed by atoms with Gasteiger partial charge in [0, 0.05) is 12.0 Å². The fraction of sp³-hybridized carbons (Fsp3) is 0.316. The van der Waals surface area contributed by atoms with E-state index < -0.39 is 23.5 Å². The lowest BCUT2D eigenvalue weighted by atomic mass is 9.86. The summed E-state index contributed by atoms with van der Waals surface area (Å²) >= 11 is 0. The molecule has 0 radical (unpaired) electrons. The Morgan fingerprint density at radius 1 is 1.21 bits per heavy atom. The van der Waals surface area contributed by atoms with Gasteiger partial charge in [-0.05, 0) is 42.2 Å². The van der Waals surface area contributed by atoms with Gasteiger partial charge in [0.15, 0.2) is 0 Å². The first kappa shape index (κ1) is 18.1. The predicted molar refractivity (Wildman–Crippen MR) is 86.6 cm³/mol. The Balaban J connectivity index is 2.48. The van der Waals surface area contributed by atoms with Gasteiger partial charge in [-0.25, -0.2) is 8.78 Å². The molecule has 0 saturated carbocycles. The second kappa shape index (κ2) is 8.02. The maximum Gasteiger partial charge on any atom is 0.306 e. The number of ether oxygens (including phenoxy) is 1. The summed E-state index contributed by atoms with van der Waals surface area (Å²) < 4.78 is 32.4. The van der Waals surface area contributed by atoms with Crippen LogP contribution in [0.4, 0.5) is 8.78 Å². The molecule has 0 amide bonds. The number of aliphatic hydroxyl groups is 1. The molecule has 0 aliphatic rings. The molecule has 0 saturated heterocycles. The molecule has 0 fully saturated rings. The molecule has 2 aromatic carbocycles. The smallest absolute Gasteiger partial charge is 0.306 e. The van der Waals surface area contributed by atoms with Crippen molar-refractivity contribution in [1.29, 1.82) is 0 Å². The summed E-state index contributed by atoms with van der Waals surface area (Å²) in [7, 11) is 0. The van der Waals surface area contributed by atoms with Crippen molar-refractivity contribution in [2.75, 3.05) is 6.61 Å². The zero-order valence-electron chi connectivity index (χ0n) is 13.7. The van der Waals surface area contributed by atoms with Gasteiger partial charge in [0.1, 0.15) is 11.6 Å². The highest BCUT2D eigenvalue weighted by Crippen LogP contribution is 2.32. The van der Waals surface area contributed by atoms with Gasteiger partial charge in [0.05, 0.1) is 19.6 Å².